The van der Waals surface area contributed by atoms with E-state index in [1.54, 1.807) is 6.07 Å². The van der Waals surface area contributed by atoms with E-state index < -0.39 is 11.9 Å². The van der Waals surface area contributed by atoms with Crippen LogP contribution in [0.5, 0.6) is 0 Å². The summed E-state index contributed by atoms with van der Waals surface area (Å²) in [6.45, 7) is 1.96. The van der Waals surface area contributed by atoms with E-state index in [0.717, 1.165) is 41.0 Å². The second-order valence-electron chi connectivity index (χ2n) is 7.53. The molecule has 0 N–H and O–H groups in total. The minimum absolute atomic E-state index is 0.186. The van der Waals surface area contributed by atoms with E-state index in [1.807, 2.05) is 49.4 Å². The van der Waals surface area contributed by atoms with Crippen LogP contribution in [-0.4, -0.2) is 14.6 Å². The summed E-state index contributed by atoms with van der Waals surface area (Å²) in [6, 6.07) is 16.1. The number of hydrogen-bond donors (Lipinski definition) is 0. The lowest BCUT2D eigenvalue weighted by atomic mass is 10.0. The Balaban J connectivity index is 1.69. The third kappa shape index (κ3) is 3.18. The monoisotopic (exact) mass is 393 g/mol. The molecule has 0 bridgehead atoms. The van der Waals surface area contributed by atoms with E-state index in [1.165, 1.54) is 11.1 Å². The fourth-order valence-corrected chi connectivity index (χ4v) is 3.92. The Morgan fingerprint density at radius 3 is 2.31 bits per heavy atom. The average Bonchev–Trinajstić information content (AvgIpc) is 3.33. The third-order valence-electron chi connectivity index (χ3n) is 5.46. The molecule has 146 valence electrons. The van der Waals surface area contributed by atoms with Crippen molar-refractivity contribution in [1.82, 2.24) is 14.6 Å². The molecule has 3 nitrogen and oxygen atoms in total. The van der Waals surface area contributed by atoms with E-state index in [4.69, 9.17) is 0 Å². The zero-order chi connectivity index (χ0) is 20.2. The molecule has 2 aromatic heterocycles. The highest BCUT2D eigenvalue weighted by Crippen LogP contribution is 2.34. The van der Waals surface area contributed by atoms with E-state index in [-0.39, 0.29) is 5.65 Å². The molecule has 5 rings (SSSR count). The van der Waals surface area contributed by atoms with E-state index in [2.05, 4.69) is 10.1 Å². The van der Waals surface area contributed by atoms with Gasteiger partial charge in [-0.05, 0) is 49.4 Å². The van der Waals surface area contributed by atoms with Gasteiger partial charge in [0.15, 0.2) is 11.3 Å². The minimum Gasteiger partial charge on any atom is -0.228 e. The first-order chi connectivity index (χ1) is 13.9. The SMILES string of the molecule is Cc1ccc(-c2cc3nc(-c4ccc5c(c4)CCC5)cc(C(F)(F)F)n3n2)cc1. The maximum Gasteiger partial charge on any atom is 0.433 e. The molecule has 0 saturated carbocycles. The quantitative estimate of drug-likeness (QED) is 0.426. The predicted molar refractivity (Wildman–Crippen MR) is 106 cm³/mol. The second-order valence-corrected chi connectivity index (χ2v) is 7.53. The van der Waals surface area contributed by atoms with Crippen LogP contribution in [0.2, 0.25) is 0 Å². The van der Waals surface area contributed by atoms with Crippen molar-refractivity contribution >= 4 is 5.65 Å². The van der Waals surface area contributed by atoms with Gasteiger partial charge in [-0.1, -0.05) is 42.0 Å². The molecule has 6 heteroatoms. The topological polar surface area (TPSA) is 30.2 Å². The Labute approximate surface area is 165 Å². The molecule has 0 amide bonds. The van der Waals surface area contributed by atoms with E-state index >= 15 is 0 Å². The summed E-state index contributed by atoms with van der Waals surface area (Å²) < 4.78 is 42.3. The summed E-state index contributed by atoms with van der Waals surface area (Å²) in [7, 11) is 0. The molecule has 0 fully saturated rings. The molecule has 4 aromatic rings. The molecule has 0 unspecified atom stereocenters. The Morgan fingerprint density at radius 1 is 0.828 bits per heavy atom. The molecule has 29 heavy (non-hydrogen) atoms. The lowest BCUT2D eigenvalue weighted by Gasteiger charge is -2.11. The number of aryl methyl sites for hydroxylation is 3. The van der Waals surface area contributed by atoms with Crippen LogP contribution >= 0.6 is 0 Å². The Morgan fingerprint density at radius 2 is 1.55 bits per heavy atom. The number of alkyl halides is 3. The van der Waals surface area contributed by atoms with Gasteiger partial charge in [0.05, 0.1) is 11.4 Å². The van der Waals surface area contributed by atoms with Gasteiger partial charge in [0.1, 0.15) is 0 Å². The number of rotatable bonds is 2. The zero-order valence-corrected chi connectivity index (χ0v) is 15.8. The van der Waals surface area contributed by atoms with Crippen LogP contribution in [0, 0.1) is 6.92 Å². The maximum absolute atomic E-state index is 13.8. The fourth-order valence-electron chi connectivity index (χ4n) is 3.92. The summed E-state index contributed by atoms with van der Waals surface area (Å²) in [5, 5.41) is 4.21. The summed E-state index contributed by atoms with van der Waals surface area (Å²) in [4.78, 5) is 4.51. The lowest BCUT2D eigenvalue weighted by molar-refractivity contribution is -0.142. The molecule has 0 spiro atoms. The van der Waals surface area contributed by atoms with Crippen molar-refractivity contribution in [3.05, 3.63) is 77.0 Å². The number of benzene rings is 2. The minimum atomic E-state index is -4.54. The predicted octanol–water partition coefficient (Wildman–Crippen LogP) is 5.88. The van der Waals surface area contributed by atoms with Crippen LogP contribution < -0.4 is 0 Å². The Hall–Kier alpha value is -3.15. The first-order valence-electron chi connectivity index (χ1n) is 9.56. The molecule has 1 aliphatic carbocycles. The first kappa shape index (κ1) is 17.9. The molecule has 2 aromatic carbocycles. The van der Waals surface area contributed by atoms with Gasteiger partial charge < -0.3 is 0 Å². The zero-order valence-electron chi connectivity index (χ0n) is 15.8. The molecule has 0 atom stereocenters. The number of halogens is 3. The maximum atomic E-state index is 13.8. The summed E-state index contributed by atoms with van der Waals surface area (Å²) in [6.07, 6.45) is -1.47. The highest BCUT2D eigenvalue weighted by Gasteiger charge is 2.35. The number of nitrogens with zero attached hydrogens (tertiary/aromatic N) is 3. The first-order valence-corrected chi connectivity index (χ1v) is 9.56. The van der Waals surface area contributed by atoms with Gasteiger partial charge in [0.2, 0.25) is 0 Å². The van der Waals surface area contributed by atoms with Gasteiger partial charge in [0, 0.05) is 17.2 Å². The highest BCUT2D eigenvalue weighted by molar-refractivity contribution is 5.69. The normalized spacial score (nSPS) is 13.8. The van der Waals surface area contributed by atoms with Crippen molar-refractivity contribution in [2.75, 3.05) is 0 Å². The molecule has 1 aliphatic rings. The number of aromatic nitrogens is 3. The van der Waals surface area contributed by atoms with Gasteiger partial charge >= 0.3 is 6.18 Å². The van der Waals surface area contributed by atoms with Gasteiger partial charge in [-0.2, -0.15) is 18.3 Å². The lowest BCUT2D eigenvalue weighted by Crippen LogP contribution is -2.13. The molecule has 0 saturated heterocycles. The van der Waals surface area contributed by atoms with Crippen molar-refractivity contribution in [1.29, 1.82) is 0 Å². The van der Waals surface area contributed by atoms with Crippen molar-refractivity contribution in [2.24, 2.45) is 0 Å². The van der Waals surface area contributed by atoms with Crippen LogP contribution in [0.25, 0.3) is 28.2 Å². The molecular formula is C23H18F3N3. The molecule has 2 heterocycles. The van der Waals surface area contributed by atoms with Gasteiger partial charge in [-0.3, -0.25) is 0 Å². The van der Waals surface area contributed by atoms with Gasteiger partial charge in [-0.25, -0.2) is 9.50 Å². The molecule has 0 aliphatic heterocycles. The standard InChI is InChI=1S/C23H18F3N3/c1-14-5-7-16(8-6-14)20-13-22-27-19(12-21(23(24,25)26)29(22)28-20)18-10-9-15-3-2-4-17(15)11-18/h5-13H,2-4H2,1H3. The molecular weight excluding hydrogens is 375 g/mol. The van der Waals surface area contributed by atoms with E-state index in [0.29, 0.717) is 17.0 Å². The number of hydrogen-bond acceptors (Lipinski definition) is 2. The summed E-state index contributed by atoms with van der Waals surface area (Å²) in [5.41, 5.74) is 5.16. The highest BCUT2D eigenvalue weighted by atomic mass is 19.4. The van der Waals surface area contributed by atoms with E-state index in [9.17, 15) is 13.2 Å². The third-order valence-corrected chi connectivity index (χ3v) is 5.46. The largest absolute Gasteiger partial charge is 0.433 e. The van der Waals surface area contributed by atoms with Crippen molar-refractivity contribution < 1.29 is 13.2 Å². The van der Waals surface area contributed by atoms with Crippen LogP contribution in [0.15, 0.2) is 54.6 Å². The van der Waals surface area contributed by atoms with Crippen molar-refractivity contribution in [3.63, 3.8) is 0 Å². The molecule has 0 radical (unpaired) electrons. The van der Waals surface area contributed by atoms with Crippen molar-refractivity contribution in [3.8, 4) is 22.5 Å². The van der Waals surface area contributed by atoms with Crippen LogP contribution in [0.3, 0.4) is 0 Å². The average molecular weight is 393 g/mol. The summed E-state index contributed by atoms with van der Waals surface area (Å²) in [5.74, 6) is 0. The van der Waals surface area contributed by atoms with Gasteiger partial charge in [0.25, 0.3) is 0 Å². The second kappa shape index (κ2) is 6.44. The summed E-state index contributed by atoms with van der Waals surface area (Å²) >= 11 is 0. The van der Waals surface area contributed by atoms with Crippen LogP contribution in [0.4, 0.5) is 13.2 Å². The van der Waals surface area contributed by atoms with Gasteiger partial charge in [-0.15, -0.1) is 0 Å². The van der Waals surface area contributed by atoms with Crippen LogP contribution in [-0.2, 0) is 19.0 Å². The van der Waals surface area contributed by atoms with Crippen molar-refractivity contribution in [2.45, 2.75) is 32.4 Å². The number of fused-ring (bicyclic) bond motifs is 2. The Bertz CT molecular complexity index is 1220. The van der Waals surface area contributed by atoms with Crippen LogP contribution in [0.1, 0.15) is 28.8 Å². The Kier molecular flexibility index (Phi) is 3.98. The fraction of sp³-hybridized carbons (Fsp3) is 0.217. The smallest absolute Gasteiger partial charge is 0.228 e.